The smallest absolute Gasteiger partial charge is 0.133 e. The molecule has 0 saturated heterocycles. The normalized spacial score (nSPS) is 12.2. The summed E-state index contributed by atoms with van der Waals surface area (Å²) >= 11 is 0. The molecule has 164 valence electrons. The van der Waals surface area contributed by atoms with Gasteiger partial charge in [-0.2, -0.15) is 15.0 Å². The topological polar surface area (TPSA) is 63.8 Å². The highest BCUT2D eigenvalue weighted by Crippen LogP contribution is 2.17. The number of benzene rings is 2. The van der Waals surface area contributed by atoms with Crippen LogP contribution in [0.2, 0.25) is 0 Å². The highest BCUT2D eigenvalue weighted by atomic mass is 15.5. The van der Waals surface area contributed by atoms with Crippen molar-refractivity contribution in [3.05, 3.63) is 54.4 Å². The monoisotopic (exact) mass is 419 g/mol. The molecule has 0 radical (unpaired) electrons. The van der Waals surface area contributed by atoms with Crippen LogP contribution in [0.3, 0.4) is 0 Å². The predicted octanol–water partition coefficient (Wildman–Crippen LogP) is 3.54. The summed E-state index contributed by atoms with van der Waals surface area (Å²) in [4.78, 5) is 9.14. The molecular weight excluding hydrogens is 386 g/mol. The Morgan fingerprint density at radius 2 is 1.45 bits per heavy atom. The molecule has 7 heteroatoms. The summed E-state index contributed by atoms with van der Waals surface area (Å²) < 4.78 is 2.29. The standard InChI is InChI=1S/C24H33N7/c1-18(2)29(19(3)4)15-13-25-14-16-30-23-12-8-7-11-22(23)26-24(30)17-31-27-20-9-5-6-10-21(20)28-31/h5-12,18-19,25H,13-17H2,1-4H3. The van der Waals surface area contributed by atoms with Crippen LogP contribution in [0, 0.1) is 0 Å². The quantitative estimate of drug-likeness (QED) is 0.398. The van der Waals surface area contributed by atoms with E-state index in [1.54, 1.807) is 4.80 Å². The lowest BCUT2D eigenvalue weighted by atomic mass is 10.2. The lowest BCUT2D eigenvalue weighted by Crippen LogP contribution is -2.41. The van der Waals surface area contributed by atoms with Crippen LogP contribution in [-0.4, -0.2) is 61.2 Å². The summed E-state index contributed by atoms with van der Waals surface area (Å²) in [5, 5.41) is 12.8. The van der Waals surface area contributed by atoms with E-state index >= 15 is 0 Å². The Morgan fingerprint density at radius 1 is 0.839 bits per heavy atom. The highest BCUT2D eigenvalue weighted by molar-refractivity contribution is 5.76. The second-order valence-corrected chi connectivity index (χ2v) is 8.56. The number of nitrogens with one attached hydrogen (secondary N) is 1. The Balaban J connectivity index is 1.45. The maximum Gasteiger partial charge on any atom is 0.133 e. The Morgan fingerprint density at radius 3 is 2.10 bits per heavy atom. The van der Waals surface area contributed by atoms with E-state index < -0.39 is 0 Å². The number of hydrogen-bond acceptors (Lipinski definition) is 5. The first kappa shape index (κ1) is 21.5. The van der Waals surface area contributed by atoms with Crippen LogP contribution in [0.15, 0.2) is 48.5 Å². The average molecular weight is 420 g/mol. The van der Waals surface area contributed by atoms with Crippen LogP contribution >= 0.6 is 0 Å². The molecule has 0 unspecified atom stereocenters. The molecule has 0 spiro atoms. The summed E-state index contributed by atoms with van der Waals surface area (Å²) in [6.45, 7) is 13.4. The van der Waals surface area contributed by atoms with Gasteiger partial charge in [0.05, 0.1) is 11.0 Å². The number of imidazole rings is 1. The van der Waals surface area contributed by atoms with Gasteiger partial charge in [0.2, 0.25) is 0 Å². The Bertz CT molecular complexity index is 1080. The van der Waals surface area contributed by atoms with E-state index in [-0.39, 0.29) is 0 Å². The first-order valence-electron chi connectivity index (χ1n) is 11.2. The van der Waals surface area contributed by atoms with Gasteiger partial charge in [0.25, 0.3) is 0 Å². The minimum Gasteiger partial charge on any atom is -0.325 e. The molecule has 0 aliphatic carbocycles. The van der Waals surface area contributed by atoms with Gasteiger partial charge in [-0.3, -0.25) is 4.90 Å². The molecule has 4 aromatic rings. The van der Waals surface area contributed by atoms with E-state index in [4.69, 9.17) is 4.98 Å². The summed E-state index contributed by atoms with van der Waals surface area (Å²) in [6, 6.07) is 17.4. The van der Waals surface area contributed by atoms with Crippen molar-refractivity contribution in [2.75, 3.05) is 19.6 Å². The SMILES string of the molecule is CC(C)N(CCNCCn1c(Cn2nc3ccccc3n2)nc2ccccc21)C(C)C. The van der Waals surface area contributed by atoms with Gasteiger partial charge in [-0.25, -0.2) is 4.98 Å². The molecule has 31 heavy (non-hydrogen) atoms. The second-order valence-electron chi connectivity index (χ2n) is 8.56. The summed E-state index contributed by atoms with van der Waals surface area (Å²) in [7, 11) is 0. The fourth-order valence-corrected chi connectivity index (χ4v) is 4.23. The number of hydrogen-bond donors (Lipinski definition) is 1. The van der Waals surface area contributed by atoms with Crippen molar-refractivity contribution >= 4 is 22.1 Å². The first-order chi connectivity index (χ1) is 15.0. The first-order valence-corrected chi connectivity index (χ1v) is 11.2. The molecule has 0 aliphatic rings. The fraction of sp³-hybridized carbons (Fsp3) is 0.458. The third-order valence-corrected chi connectivity index (χ3v) is 5.73. The third kappa shape index (κ3) is 4.94. The van der Waals surface area contributed by atoms with Gasteiger partial charge < -0.3 is 9.88 Å². The summed E-state index contributed by atoms with van der Waals surface area (Å²) in [5.74, 6) is 0.981. The van der Waals surface area contributed by atoms with Gasteiger partial charge in [-0.15, -0.1) is 0 Å². The molecule has 1 N–H and O–H groups in total. The minimum atomic E-state index is 0.553. The predicted molar refractivity (Wildman–Crippen MR) is 126 cm³/mol. The van der Waals surface area contributed by atoms with Crippen molar-refractivity contribution in [3.63, 3.8) is 0 Å². The zero-order chi connectivity index (χ0) is 21.8. The van der Waals surface area contributed by atoms with Crippen LogP contribution < -0.4 is 5.32 Å². The fourth-order valence-electron chi connectivity index (χ4n) is 4.23. The van der Waals surface area contributed by atoms with Crippen molar-refractivity contribution in [2.24, 2.45) is 0 Å². The van der Waals surface area contributed by atoms with Crippen molar-refractivity contribution in [1.29, 1.82) is 0 Å². The van der Waals surface area contributed by atoms with E-state index in [2.05, 4.69) is 70.9 Å². The van der Waals surface area contributed by atoms with Gasteiger partial charge in [0.1, 0.15) is 23.4 Å². The summed E-state index contributed by atoms with van der Waals surface area (Å²) in [5.41, 5.74) is 3.99. The van der Waals surface area contributed by atoms with Gasteiger partial charge >= 0.3 is 0 Å². The Labute approximate surface area is 184 Å². The van der Waals surface area contributed by atoms with E-state index in [0.717, 1.165) is 54.1 Å². The molecule has 2 aromatic heterocycles. The number of rotatable bonds is 10. The molecule has 0 saturated carbocycles. The van der Waals surface area contributed by atoms with Crippen molar-refractivity contribution in [2.45, 2.75) is 52.9 Å². The molecule has 0 bridgehead atoms. The maximum absolute atomic E-state index is 4.88. The van der Waals surface area contributed by atoms with Gasteiger partial charge in [0.15, 0.2) is 0 Å². The number of para-hydroxylation sites is 2. The van der Waals surface area contributed by atoms with E-state index in [9.17, 15) is 0 Å². The van der Waals surface area contributed by atoms with E-state index in [0.29, 0.717) is 18.6 Å². The molecule has 0 fully saturated rings. The second kappa shape index (κ2) is 9.58. The number of aromatic nitrogens is 5. The molecule has 7 nitrogen and oxygen atoms in total. The Hall–Kier alpha value is -2.77. The van der Waals surface area contributed by atoms with Crippen molar-refractivity contribution < 1.29 is 0 Å². The van der Waals surface area contributed by atoms with Gasteiger partial charge in [-0.05, 0) is 52.0 Å². The maximum atomic E-state index is 4.88. The molecule has 0 aliphatic heterocycles. The molecule has 4 rings (SSSR count). The average Bonchev–Trinajstić information content (AvgIpc) is 3.30. The van der Waals surface area contributed by atoms with Crippen molar-refractivity contribution in [1.82, 2.24) is 34.8 Å². The van der Waals surface area contributed by atoms with Crippen LogP contribution in [0.5, 0.6) is 0 Å². The van der Waals surface area contributed by atoms with Crippen LogP contribution in [-0.2, 0) is 13.1 Å². The van der Waals surface area contributed by atoms with E-state index in [1.807, 2.05) is 30.3 Å². The van der Waals surface area contributed by atoms with Crippen LogP contribution in [0.1, 0.15) is 33.5 Å². The van der Waals surface area contributed by atoms with Crippen LogP contribution in [0.4, 0.5) is 0 Å². The molecular formula is C24H33N7. The summed E-state index contributed by atoms with van der Waals surface area (Å²) in [6.07, 6.45) is 0. The molecule has 2 heterocycles. The number of fused-ring (bicyclic) bond motifs is 2. The Kier molecular flexibility index (Phi) is 6.63. The zero-order valence-corrected chi connectivity index (χ0v) is 19.0. The largest absolute Gasteiger partial charge is 0.325 e. The van der Waals surface area contributed by atoms with Crippen molar-refractivity contribution in [3.8, 4) is 0 Å². The minimum absolute atomic E-state index is 0.553. The van der Waals surface area contributed by atoms with Gasteiger partial charge in [-0.1, -0.05) is 24.3 Å². The molecule has 0 amide bonds. The number of nitrogens with zero attached hydrogens (tertiary/aromatic N) is 6. The molecule has 0 atom stereocenters. The van der Waals surface area contributed by atoms with Crippen LogP contribution in [0.25, 0.3) is 22.1 Å². The van der Waals surface area contributed by atoms with E-state index in [1.165, 1.54) is 0 Å². The lowest BCUT2D eigenvalue weighted by Gasteiger charge is -2.30. The van der Waals surface area contributed by atoms with Gasteiger partial charge in [0, 0.05) is 38.3 Å². The lowest BCUT2D eigenvalue weighted by molar-refractivity contribution is 0.176. The molecule has 2 aromatic carbocycles. The third-order valence-electron chi connectivity index (χ3n) is 5.73. The zero-order valence-electron chi connectivity index (χ0n) is 19.0. The highest BCUT2D eigenvalue weighted by Gasteiger charge is 2.14.